The third-order valence-corrected chi connectivity index (χ3v) is 7.63. The summed E-state index contributed by atoms with van der Waals surface area (Å²) in [6.45, 7) is 8.95. The molecule has 0 saturated carbocycles. The molecule has 0 aromatic carbocycles. The number of esters is 1. The lowest BCUT2D eigenvalue weighted by atomic mass is 10.0. The van der Waals surface area contributed by atoms with Crippen LogP contribution in [-0.4, -0.2) is 98.1 Å². The number of hydrogen-bond acceptors (Lipinski definition) is 9. The zero-order valence-corrected chi connectivity index (χ0v) is 28.4. The Balaban J connectivity index is 1.65. The second kappa shape index (κ2) is 35.1. The molecule has 0 radical (unpaired) electrons. The van der Waals surface area contributed by atoms with Crippen LogP contribution in [-0.2, 0) is 42.7 Å². The molecule has 262 valence electrons. The summed E-state index contributed by atoms with van der Waals surface area (Å²) < 4.78 is 43.8. The summed E-state index contributed by atoms with van der Waals surface area (Å²) in [6.07, 6.45) is 23.5. The maximum atomic E-state index is 11.9. The van der Waals surface area contributed by atoms with Crippen molar-refractivity contribution >= 4 is 5.97 Å². The lowest BCUT2D eigenvalue weighted by Gasteiger charge is -2.22. The first kappa shape index (κ1) is 41.2. The highest BCUT2D eigenvalue weighted by atomic mass is 16.7. The molecule has 1 heterocycles. The predicted octanol–water partition coefficient (Wildman–Crippen LogP) is 7.42. The van der Waals surface area contributed by atoms with E-state index in [4.69, 9.17) is 37.9 Å². The summed E-state index contributed by atoms with van der Waals surface area (Å²) in [4.78, 5) is 11.9. The van der Waals surface area contributed by atoms with Crippen molar-refractivity contribution in [3.63, 3.8) is 0 Å². The van der Waals surface area contributed by atoms with E-state index < -0.39 is 0 Å². The van der Waals surface area contributed by atoms with E-state index in [0.29, 0.717) is 85.7 Å². The molecule has 1 fully saturated rings. The Morgan fingerprint density at radius 3 is 1.36 bits per heavy atom. The highest BCUT2D eigenvalue weighted by Gasteiger charge is 2.13. The molecular formula is C35H68O9. The summed E-state index contributed by atoms with van der Waals surface area (Å²) in [7, 11) is 0. The smallest absolute Gasteiger partial charge is 0.305 e. The van der Waals surface area contributed by atoms with Gasteiger partial charge in [-0.25, -0.2) is 0 Å². The Bertz CT molecular complexity index is 572. The fraction of sp³-hybridized carbons (Fsp3) is 0.971. The Kier molecular flexibility index (Phi) is 32.8. The largest absolute Gasteiger partial charge is 0.463 e. The molecule has 1 aliphatic rings. The van der Waals surface area contributed by atoms with Crippen LogP contribution in [0, 0.1) is 0 Å². The molecule has 0 spiro atoms. The number of ether oxygens (including phenoxy) is 8. The van der Waals surface area contributed by atoms with Gasteiger partial charge >= 0.3 is 5.97 Å². The van der Waals surface area contributed by atoms with Gasteiger partial charge in [0.25, 0.3) is 0 Å². The molecule has 1 unspecified atom stereocenters. The third kappa shape index (κ3) is 31.2. The molecule has 1 atom stereocenters. The van der Waals surface area contributed by atoms with E-state index in [2.05, 4.69) is 6.92 Å². The van der Waals surface area contributed by atoms with Gasteiger partial charge in [0.2, 0.25) is 0 Å². The molecule has 9 nitrogen and oxygen atoms in total. The van der Waals surface area contributed by atoms with E-state index in [1.54, 1.807) is 0 Å². The van der Waals surface area contributed by atoms with Crippen molar-refractivity contribution < 1.29 is 42.7 Å². The molecule has 0 aliphatic carbocycles. The van der Waals surface area contributed by atoms with E-state index >= 15 is 0 Å². The molecule has 0 bridgehead atoms. The van der Waals surface area contributed by atoms with Crippen LogP contribution in [0.5, 0.6) is 0 Å². The molecule has 0 aromatic heterocycles. The van der Waals surface area contributed by atoms with Crippen molar-refractivity contribution in [3.8, 4) is 0 Å². The minimum Gasteiger partial charge on any atom is -0.463 e. The number of carbonyl (C=O) groups excluding carboxylic acids is 1. The molecule has 9 heteroatoms. The Morgan fingerprint density at radius 2 is 0.932 bits per heavy atom. The zero-order chi connectivity index (χ0) is 31.4. The van der Waals surface area contributed by atoms with E-state index in [9.17, 15) is 4.79 Å². The van der Waals surface area contributed by atoms with Crippen LogP contribution in [0.2, 0.25) is 0 Å². The topological polar surface area (TPSA) is 90.9 Å². The van der Waals surface area contributed by atoms with E-state index in [1.165, 1.54) is 89.9 Å². The summed E-state index contributed by atoms with van der Waals surface area (Å²) >= 11 is 0. The van der Waals surface area contributed by atoms with Gasteiger partial charge in [-0.05, 0) is 25.7 Å². The second-order valence-corrected chi connectivity index (χ2v) is 11.6. The molecule has 1 aliphatic heterocycles. The zero-order valence-electron chi connectivity index (χ0n) is 28.4. The van der Waals surface area contributed by atoms with Crippen LogP contribution in [0.3, 0.4) is 0 Å². The molecule has 0 N–H and O–H groups in total. The summed E-state index contributed by atoms with van der Waals surface area (Å²) in [6, 6.07) is 0. The molecular weight excluding hydrogens is 564 g/mol. The van der Waals surface area contributed by atoms with Crippen molar-refractivity contribution in [2.24, 2.45) is 0 Å². The second-order valence-electron chi connectivity index (χ2n) is 11.6. The Labute approximate surface area is 269 Å². The summed E-state index contributed by atoms with van der Waals surface area (Å²) in [5, 5.41) is 0. The first-order valence-electron chi connectivity index (χ1n) is 18.1. The first-order valence-corrected chi connectivity index (χ1v) is 18.1. The van der Waals surface area contributed by atoms with Gasteiger partial charge in [-0.3, -0.25) is 4.79 Å². The quantitative estimate of drug-likeness (QED) is 0.0523. The van der Waals surface area contributed by atoms with Crippen LogP contribution in [0.1, 0.15) is 129 Å². The normalized spacial score (nSPS) is 15.2. The Hall–Kier alpha value is -0.810. The molecule has 44 heavy (non-hydrogen) atoms. The van der Waals surface area contributed by atoms with Crippen LogP contribution < -0.4 is 0 Å². The van der Waals surface area contributed by atoms with Crippen molar-refractivity contribution in [2.75, 3.05) is 85.9 Å². The van der Waals surface area contributed by atoms with E-state index in [-0.39, 0.29) is 12.3 Å². The van der Waals surface area contributed by atoms with Crippen LogP contribution in [0.25, 0.3) is 0 Å². The average molecular weight is 633 g/mol. The molecule has 1 saturated heterocycles. The predicted molar refractivity (Wildman–Crippen MR) is 174 cm³/mol. The number of rotatable bonds is 35. The van der Waals surface area contributed by atoms with Crippen LogP contribution in [0.4, 0.5) is 0 Å². The maximum Gasteiger partial charge on any atom is 0.305 e. The standard InChI is InChI=1S/C35H68O9/c1-2-3-4-5-6-7-8-9-10-11-12-13-14-15-16-19-34(36)42-32-30-40-28-26-38-24-22-37-23-25-39-27-29-41-31-33-44-35-20-17-18-21-43-35/h35H,2-33H2,1H3. The van der Waals surface area contributed by atoms with Gasteiger partial charge in [-0.1, -0.05) is 96.8 Å². The fourth-order valence-corrected chi connectivity index (χ4v) is 4.99. The minimum absolute atomic E-state index is 0.0629. The van der Waals surface area contributed by atoms with Gasteiger partial charge in [0.05, 0.1) is 72.7 Å². The number of unbranched alkanes of at least 4 members (excludes halogenated alkanes) is 14. The molecule has 1 rings (SSSR count). The first-order chi connectivity index (χ1) is 21.8. The Morgan fingerprint density at radius 1 is 0.523 bits per heavy atom. The fourth-order valence-electron chi connectivity index (χ4n) is 4.99. The number of hydrogen-bond donors (Lipinski definition) is 0. The highest BCUT2D eigenvalue weighted by molar-refractivity contribution is 5.69. The van der Waals surface area contributed by atoms with Crippen molar-refractivity contribution in [1.82, 2.24) is 0 Å². The lowest BCUT2D eigenvalue weighted by Crippen LogP contribution is -2.24. The van der Waals surface area contributed by atoms with Gasteiger partial charge in [0.15, 0.2) is 6.29 Å². The van der Waals surface area contributed by atoms with Gasteiger partial charge in [0.1, 0.15) is 6.61 Å². The SMILES string of the molecule is CCCCCCCCCCCCCCCCCC(=O)OCCOCCOCCOCCOCCOCCOC1CCCCO1. The van der Waals surface area contributed by atoms with Crippen LogP contribution in [0.15, 0.2) is 0 Å². The van der Waals surface area contributed by atoms with Gasteiger partial charge in [-0.2, -0.15) is 0 Å². The molecule has 0 amide bonds. The van der Waals surface area contributed by atoms with E-state index in [0.717, 1.165) is 32.3 Å². The van der Waals surface area contributed by atoms with Gasteiger partial charge < -0.3 is 37.9 Å². The number of carbonyl (C=O) groups is 1. The average Bonchev–Trinajstić information content (AvgIpc) is 3.04. The van der Waals surface area contributed by atoms with Crippen molar-refractivity contribution in [1.29, 1.82) is 0 Å². The van der Waals surface area contributed by atoms with Crippen molar-refractivity contribution in [2.45, 2.75) is 135 Å². The third-order valence-electron chi connectivity index (χ3n) is 7.63. The monoisotopic (exact) mass is 632 g/mol. The minimum atomic E-state index is -0.122. The van der Waals surface area contributed by atoms with Gasteiger partial charge in [0, 0.05) is 13.0 Å². The summed E-state index contributed by atoms with van der Waals surface area (Å²) in [5.41, 5.74) is 0. The van der Waals surface area contributed by atoms with Gasteiger partial charge in [-0.15, -0.1) is 0 Å². The highest BCUT2D eigenvalue weighted by Crippen LogP contribution is 2.14. The van der Waals surface area contributed by atoms with E-state index in [1.807, 2.05) is 0 Å². The van der Waals surface area contributed by atoms with Crippen LogP contribution >= 0.6 is 0 Å². The molecule has 0 aromatic rings. The lowest BCUT2D eigenvalue weighted by molar-refractivity contribution is -0.169. The maximum absolute atomic E-state index is 11.9. The van der Waals surface area contributed by atoms with Crippen molar-refractivity contribution in [3.05, 3.63) is 0 Å². The summed E-state index contributed by atoms with van der Waals surface area (Å²) in [5.74, 6) is -0.122.